The molecule has 6 rings (SSSR count). The van der Waals surface area contributed by atoms with Crippen LogP contribution in [0.25, 0.3) is 27.4 Å². The second kappa shape index (κ2) is 14.2. The van der Waals surface area contributed by atoms with Crippen LogP contribution in [-0.4, -0.2) is 62.6 Å². The van der Waals surface area contributed by atoms with Gasteiger partial charge in [0.2, 0.25) is 5.91 Å². The van der Waals surface area contributed by atoms with Gasteiger partial charge >= 0.3 is 6.18 Å². The van der Waals surface area contributed by atoms with Crippen molar-refractivity contribution in [2.24, 2.45) is 0 Å². The zero-order valence-corrected chi connectivity index (χ0v) is 27.3. The number of rotatable bonds is 9. The summed E-state index contributed by atoms with van der Waals surface area (Å²) in [7, 11) is 0. The predicted octanol–water partition coefficient (Wildman–Crippen LogP) is 7.58. The Hall–Kier alpha value is -4.64. The van der Waals surface area contributed by atoms with E-state index in [1.54, 1.807) is 24.3 Å². The minimum atomic E-state index is -4.55. The molecular weight excluding hydrogens is 637 g/mol. The van der Waals surface area contributed by atoms with Crippen molar-refractivity contribution in [2.45, 2.75) is 50.0 Å². The maximum Gasteiger partial charge on any atom is 0.416 e. The Kier molecular flexibility index (Phi) is 9.86. The van der Waals surface area contributed by atoms with Crippen molar-refractivity contribution in [3.63, 3.8) is 0 Å². The Morgan fingerprint density at radius 2 is 1.65 bits per heavy atom. The SMILES string of the molecule is CC1CN(C(=O)CCCCCSc2nc3ccccc3c(=O)n2-c2cccc(C(F)(F)F)c2)CCN1C(=O)c1ccc2ccccc2c1. The molecule has 7 nitrogen and oxygen atoms in total. The molecule has 0 radical (unpaired) electrons. The zero-order valence-electron chi connectivity index (χ0n) is 26.5. The number of fused-ring (bicyclic) bond motifs is 2. The van der Waals surface area contributed by atoms with E-state index in [-0.39, 0.29) is 23.5 Å². The van der Waals surface area contributed by atoms with E-state index >= 15 is 0 Å². The average molecular weight is 673 g/mol. The first-order chi connectivity index (χ1) is 23.1. The Morgan fingerprint density at radius 1 is 0.875 bits per heavy atom. The molecule has 0 saturated carbocycles. The number of carbonyl (C=O) groups excluding carboxylic acids is 2. The van der Waals surface area contributed by atoms with Crippen molar-refractivity contribution in [1.82, 2.24) is 19.4 Å². The summed E-state index contributed by atoms with van der Waals surface area (Å²) in [4.78, 5) is 48.1. The summed E-state index contributed by atoms with van der Waals surface area (Å²) >= 11 is 1.31. The molecule has 1 atom stereocenters. The maximum atomic E-state index is 13.5. The van der Waals surface area contributed by atoms with Crippen molar-refractivity contribution in [2.75, 3.05) is 25.4 Å². The van der Waals surface area contributed by atoms with E-state index in [2.05, 4.69) is 4.98 Å². The number of unbranched alkanes of at least 4 members (excludes halogenated alkanes) is 2. The molecule has 1 aromatic heterocycles. The fourth-order valence-corrected chi connectivity index (χ4v) is 7.12. The van der Waals surface area contributed by atoms with Crippen LogP contribution in [0.3, 0.4) is 0 Å². The Morgan fingerprint density at radius 3 is 2.44 bits per heavy atom. The van der Waals surface area contributed by atoms with Crippen molar-refractivity contribution in [3.8, 4) is 5.69 Å². The molecule has 11 heteroatoms. The predicted molar refractivity (Wildman–Crippen MR) is 183 cm³/mol. The van der Waals surface area contributed by atoms with E-state index in [4.69, 9.17) is 0 Å². The van der Waals surface area contributed by atoms with Crippen LogP contribution in [0.4, 0.5) is 13.2 Å². The van der Waals surface area contributed by atoms with Crippen LogP contribution < -0.4 is 5.56 Å². The van der Waals surface area contributed by atoms with Crippen molar-refractivity contribution in [3.05, 3.63) is 112 Å². The van der Waals surface area contributed by atoms with Crippen LogP contribution >= 0.6 is 11.8 Å². The lowest BCUT2D eigenvalue weighted by Gasteiger charge is -2.40. The first kappa shape index (κ1) is 33.3. The van der Waals surface area contributed by atoms with Crippen LogP contribution in [0, 0.1) is 0 Å². The summed E-state index contributed by atoms with van der Waals surface area (Å²) in [5.74, 6) is 0.601. The van der Waals surface area contributed by atoms with Crippen molar-refractivity contribution in [1.29, 1.82) is 0 Å². The largest absolute Gasteiger partial charge is 0.416 e. The van der Waals surface area contributed by atoms with Gasteiger partial charge in [-0.15, -0.1) is 0 Å². The van der Waals surface area contributed by atoms with Gasteiger partial charge in [-0.25, -0.2) is 4.98 Å². The third-order valence-electron chi connectivity index (χ3n) is 8.68. The summed E-state index contributed by atoms with van der Waals surface area (Å²) in [5.41, 5.74) is -0.0419. The number of hydrogen-bond acceptors (Lipinski definition) is 5. The monoisotopic (exact) mass is 672 g/mol. The highest BCUT2D eigenvalue weighted by molar-refractivity contribution is 7.99. The average Bonchev–Trinajstić information content (AvgIpc) is 3.09. The smallest absolute Gasteiger partial charge is 0.339 e. The minimum Gasteiger partial charge on any atom is -0.339 e. The molecule has 48 heavy (non-hydrogen) atoms. The Balaban J connectivity index is 1.02. The van der Waals surface area contributed by atoms with E-state index in [9.17, 15) is 27.6 Å². The lowest BCUT2D eigenvalue weighted by atomic mass is 10.0. The number of nitrogens with zero attached hydrogens (tertiary/aromatic N) is 4. The molecule has 0 bridgehead atoms. The zero-order chi connectivity index (χ0) is 33.8. The summed E-state index contributed by atoms with van der Waals surface area (Å²) < 4.78 is 41.6. The molecule has 0 aliphatic carbocycles. The highest BCUT2D eigenvalue weighted by Crippen LogP contribution is 2.31. The highest BCUT2D eigenvalue weighted by atomic mass is 32.2. The van der Waals surface area contributed by atoms with Gasteiger partial charge in [-0.05, 0) is 73.0 Å². The van der Waals surface area contributed by atoms with Gasteiger partial charge in [-0.2, -0.15) is 13.2 Å². The number of piperazine rings is 1. The lowest BCUT2D eigenvalue weighted by Crippen LogP contribution is -2.55. The quantitative estimate of drug-likeness (QED) is 0.0917. The number of amides is 2. The summed E-state index contributed by atoms with van der Waals surface area (Å²) in [5, 5.41) is 2.74. The first-order valence-electron chi connectivity index (χ1n) is 16.0. The molecule has 1 aliphatic rings. The summed E-state index contributed by atoms with van der Waals surface area (Å²) in [6.45, 7) is 3.41. The van der Waals surface area contributed by atoms with Gasteiger partial charge in [-0.3, -0.25) is 19.0 Å². The molecule has 2 heterocycles. The Bertz CT molecular complexity index is 2030. The molecule has 0 spiro atoms. The van der Waals surface area contributed by atoms with Gasteiger partial charge in [0.05, 0.1) is 22.2 Å². The number of hydrogen-bond donors (Lipinski definition) is 0. The molecule has 0 N–H and O–H groups in total. The standard InChI is InChI=1S/C37H35F3N4O3S/c1-25-24-42(19-20-43(25)34(46)28-18-17-26-10-4-5-11-27(26)22-28)33(45)16-3-2-8-21-48-36-41-32-15-7-6-14-31(32)35(47)44(36)30-13-9-12-29(23-30)37(38,39)40/h4-7,9-15,17-18,22-23,25H,2-3,8,16,19-21,24H2,1H3. The van der Waals surface area contributed by atoms with Crippen LogP contribution in [0.15, 0.2) is 101 Å². The molecule has 1 aliphatic heterocycles. The number of alkyl halides is 3. The number of para-hydroxylation sites is 1. The fraction of sp³-hybridized carbons (Fsp3) is 0.297. The molecular formula is C37H35F3N4O3S. The third kappa shape index (κ3) is 7.26. The number of thioether (sulfide) groups is 1. The molecule has 4 aromatic carbocycles. The minimum absolute atomic E-state index is 0.0303. The molecule has 248 valence electrons. The molecule has 2 amide bonds. The van der Waals surface area contributed by atoms with Gasteiger partial charge in [0, 0.05) is 43.4 Å². The second-order valence-electron chi connectivity index (χ2n) is 12.0. The molecule has 1 unspecified atom stereocenters. The van der Waals surface area contributed by atoms with Crippen molar-refractivity contribution >= 4 is 45.3 Å². The van der Waals surface area contributed by atoms with Crippen molar-refractivity contribution < 1.29 is 22.8 Å². The van der Waals surface area contributed by atoms with Gasteiger partial charge in [0.15, 0.2) is 5.16 Å². The Labute approximate surface area is 280 Å². The summed E-state index contributed by atoms with van der Waals surface area (Å²) in [6, 6.07) is 25.0. The first-order valence-corrected chi connectivity index (χ1v) is 17.0. The van der Waals surface area contributed by atoms with Gasteiger partial charge in [0.25, 0.3) is 11.5 Å². The molecule has 1 saturated heterocycles. The van der Waals surface area contributed by atoms with Gasteiger partial charge in [-0.1, -0.05) is 66.7 Å². The fourth-order valence-electron chi connectivity index (χ4n) is 6.11. The second-order valence-corrected chi connectivity index (χ2v) is 13.1. The van der Waals surface area contributed by atoms with Crippen LogP contribution in [0.5, 0.6) is 0 Å². The van der Waals surface area contributed by atoms with E-state index in [0.717, 1.165) is 35.7 Å². The van der Waals surface area contributed by atoms with Gasteiger partial charge < -0.3 is 9.80 Å². The highest BCUT2D eigenvalue weighted by Gasteiger charge is 2.31. The normalized spacial score (nSPS) is 15.3. The maximum absolute atomic E-state index is 13.5. The van der Waals surface area contributed by atoms with E-state index in [1.165, 1.54) is 28.5 Å². The summed E-state index contributed by atoms with van der Waals surface area (Å²) in [6.07, 6.45) is -1.99. The third-order valence-corrected chi connectivity index (χ3v) is 9.71. The number of aromatic nitrogens is 2. The van der Waals surface area contributed by atoms with Gasteiger partial charge in [0.1, 0.15) is 0 Å². The van der Waals surface area contributed by atoms with E-state index in [0.29, 0.717) is 59.9 Å². The molecule has 1 fully saturated rings. The van der Waals surface area contributed by atoms with Crippen LogP contribution in [0.1, 0.15) is 48.5 Å². The number of halogens is 3. The van der Waals surface area contributed by atoms with E-state index in [1.807, 2.05) is 59.2 Å². The van der Waals surface area contributed by atoms with Crippen LogP contribution in [-0.2, 0) is 11.0 Å². The number of benzene rings is 4. The molecule has 5 aromatic rings. The lowest BCUT2D eigenvalue weighted by molar-refractivity contribution is -0.137. The van der Waals surface area contributed by atoms with Crippen LogP contribution in [0.2, 0.25) is 0 Å². The number of carbonyl (C=O) groups is 2. The van der Waals surface area contributed by atoms with E-state index < -0.39 is 17.3 Å². The topological polar surface area (TPSA) is 75.5 Å².